The fourth-order valence-electron chi connectivity index (χ4n) is 3.15. The van der Waals surface area contributed by atoms with Crippen LogP contribution in [0.1, 0.15) is 11.1 Å². The molecule has 5 nitrogen and oxygen atoms in total. The molecule has 0 aliphatic rings. The van der Waals surface area contributed by atoms with Gasteiger partial charge in [0, 0.05) is 10.9 Å². The molecule has 154 valence electrons. The molecule has 0 saturated carbocycles. The van der Waals surface area contributed by atoms with Crippen molar-refractivity contribution in [3.8, 4) is 17.2 Å². The summed E-state index contributed by atoms with van der Waals surface area (Å²) in [5, 5.41) is 3.87. The summed E-state index contributed by atoms with van der Waals surface area (Å²) in [5.74, 6) is 0.892. The molecular formula is C20H18B9NO4. The van der Waals surface area contributed by atoms with Crippen molar-refractivity contribution >= 4 is 70.6 Å². The van der Waals surface area contributed by atoms with E-state index in [1.807, 2.05) is 0 Å². The lowest BCUT2D eigenvalue weighted by molar-refractivity contribution is -0.00235. The number of aliphatic hydroxyl groups is 1. The molecule has 0 spiro atoms. The third kappa shape index (κ3) is 5.43. The van der Waals surface area contributed by atoms with Crippen LogP contribution in [0.2, 0.25) is 0 Å². The summed E-state index contributed by atoms with van der Waals surface area (Å²) in [7, 11) is 57.8. The van der Waals surface area contributed by atoms with E-state index in [2.05, 4.69) is 5.32 Å². The Balaban J connectivity index is 2.37. The van der Waals surface area contributed by atoms with E-state index < -0.39 is 26.8 Å². The van der Waals surface area contributed by atoms with Crippen LogP contribution in [-0.4, -0.2) is 112 Å². The predicted octanol–water partition coefficient (Wildman–Crippen LogP) is -2.00. The summed E-state index contributed by atoms with van der Waals surface area (Å²) in [6.07, 6.45) is 0. The smallest absolute Gasteiger partial charge is 0.160 e. The predicted molar refractivity (Wildman–Crippen MR) is 141 cm³/mol. The molecule has 0 aliphatic carbocycles. The van der Waals surface area contributed by atoms with Crippen LogP contribution in [0.5, 0.6) is 17.2 Å². The molecule has 2 aromatic carbocycles. The quantitative estimate of drug-likeness (QED) is 0.425. The van der Waals surface area contributed by atoms with Crippen LogP contribution in [0.15, 0.2) is 42.5 Å². The monoisotopic (exact) mass is 435 g/mol. The summed E-state index contributed by atoms with van der Waals surface area (Å²) >= 11 is 0. The molecule has 0 amide bonds. The molecule has 2 N–H and O–H groups in total. The van der Waals surface area contributed by atoms with Gasteiger partial charge in [0.1, 0.15) is 29.3 Å². The Bertz CT molecular complexity index is 1020. The fourth-order valence-corrected chi connectivity index (χ4v) is 3.15. The topological polar surface area (TPSA) is 60.0 Å². The number of aryl methyl sites for hydroxylation is 1. The SMILES string of the molecule is [B]C([B])(NC([B])([B])C([B])(O)C([B])([B])Oc1cccc(C)c1)C([B])([B])c1ccc(OC)c(OC)c1. The van der Waals surface area contributed by atoms with Crippen LogP contribution in [0, 0.1) is 6.92 Å². The van der Waals surface area contributed by atoms with E-state index in [9.17, 15) is 5.11 Å². The van der Waals surface area contributed by atoms with Crippen LogP contribution in [-0.2, 0) is 5.21 Å². The van der Waals surface area contributed by atoms with Gasteiger partial charge in [0.15, 0.2) is 11.5 Å². The lowest BCUT2D eigenvalue weighted by Gasteiger charge is -2.59. The molecular weight excluding hydrogens is 416 g/mol. The van der Waals surface area contributed by atoms with Gasteiger partial charge in [0.05, 0.1) is 61.3 Å². The highest BCUT2D eigenvalue weighted by Crippen LogP contribution is 2.36. The third-order valence-electron chi connectivity index (χ3n) is 5.46. The second-order valence-electron chi connectivity index (χ2n) is 8.28. The van der Waals surface area contributed by atoms with E-state index in [1.165, 1.54) is 38.5 Å². The van der Waals surface area contributed by atoms with Gasteiger partial charge in [-0.1, -0.05) is 34.3 Å². The standard InChI is InChI=1S/C20H18B9NO4/c1-11-5-4-6-13(9-11)34-20(28,29)17(23,31)19(26,27)30-18(24,25)16(21,22)12-7-8-14(32-2)15(10-12)33-3/h4-10,30-31H,1-3H3. The lowest BCUT2D eigenvalue weighted by Crippen LogP contribution is -2.81. The van der Waals surface area contributed by atoms with Crippen molar-refractivity contribution in [3.05, 3.63) is 53.6 Å². The van der Waals surface area contributed by atoms with Crippen LogP contribution in [0.4, 0.5) is 0 Å². The Labute approximate surface area is 213 Å². The molecule has 0 heterocycles. The van der Waals surface area contributed by atoms with Gasteiger partial charge in [0.25, 0.3) is 0 Å². The molecule has 18 radical (unpaired) electrons. The molecule has 0 bridgehead atoms. The first-order valence-electron chi connectivity index (χ1n) is 10.0. The van der Waals surface area contributed by atoms with Gasteiger partial charge in [0.2, 0.25) is 0 Å². The highest BCUT2D eigenvalue weighted by molar-refractivity contribution is 6.56. The zero-order valence-electron chi connectivity index (χ0n) is 19.4. The normalized spacial score (nSPS) is 14.7. The minimum atomic E-state index is -2.89. The maximum absolute atomic E-state index is 11.0. The summed E-state index contributed by atoms with van der Waals surface area (Å²) in [6.45, 7) is 1.81. The van der Waals surface area contributed by atoms with Gasteiger partial charge in [-0.05, 0) is 42.1 Å². The maximum atomic E-state index is 11.0. The molecule has 34 heavy (non-hydrogen) atoms. The van der Waals surface area contributed by atoms with E-state index in [1.54, 1.807) is 25.1 Å². The van der Waals surface area contributed by atoms with Crippen molar-refractivity contribution in [2.45, 2.75) is 33.7 Å². The number of hydrogen-bond acceptors (Lipinski definition) is 5. The number of benzene rings is 2. The number of methoxy groups -OCH3 is 2. The molecule has 1 atom stereocenters. The zero-order valence-corrected chi connectivity index (χ0v) is 19.4. The Morgan fingerprint density at radius 1 is 0.765 bits per heavy atom. The van der Waals surface area contributed by atoms with E-state index >= 15 is 0 Å². The highest BCUT2D eigenvalue weighted by Gasteiger charge is 2.52. The van der Waals surface area contributed by atoms with E-state index in [0.29, 0.717) is 11.5 Å². The fraction of sp³-hybridized carbons (Fsp3) is 0.400. The summed E-state index contributed by atoms with van der Waals surface area (Å²) in [4.78, 5) is 0. The molecule has 14 heteroatoms. The molecule has 2 rings (SSSR count). The molecule has 0 aromatic heterocycles. The van der Waals surface area contributed by atoms with Gasteiger partial charge < -0.3 is 24.6 Å². The molecule has 0 aliphatic heterocycles. The Morgan fingerprint density at radius 2 is 1.35 bits per heavy atom. The van der Waals surface area contributed by atoms with Crippen LogP contribution >= 0.6 is 0 Å². The summed E-state index contributed by atoms with van der Waals surface area (Å²) in [6, 6.07) is 11.1. The van der Waals surface area contributed by atoms with Gasteiger partial charge in [-0.25, -0.2) is 0 Å². The van der Waals surface area contributed by atoms with Gasteiger partial charge >= 0.3 is 0 Å². The third-order valence-corrected chi connectivity index (χ3v) is 5.46. The first-order valence-corrected chi connectivity index (χ1v) is 10.0. The van der Waals surface area contributed by atoms with E-state index in [4.69, 9.17) is 84.8 Å². The van der Waals surface area contributed by atoms with Crippen LogP contribution < -0.4 is 19.5 Å². The molecule has 2 aromatic rings. The van der Waals surface area contributed by atoms with E-state index in [-0.39, 0.29) is 11.3 Å². The average Bonchev–Trinajstić information content (AvgIpc) is 2.71. The number of hydrogen-bond donors (Lipinski definition) is 2. The van der Waals surface area contributed by atoms with Crippen LogP contribution in [0.25, 0.3) is 0 Å². The maximum Gasteiger partial charge on any atom is 0.160 e. The van der Waals surface area contributed by atoms with Crippen molar-refractivity contribution in [1.29, 1.82) is 0 Å². The summed E-state index contributed by atoms with van der Waals surface area (Å²) < 4.78 is 15.9. The second kappa shape index (κ2) is 9.77. The van der Waals surface area contributed by atoms with Crippen molar-refractivity contribution in [2.24, 2.45) is 0 Å². The van der Waals surface area contributed by atoms with Gasteiger partial charge in [-0.15, -0.1) is 0 Å². The summed E-state index contributed by atoms with van der Waals surface area (Å²) in [5.41, 5.74) is -1.86. The number of rotatable bonds is 10. The molecule has 1 unspecified atom stereocenters. The van der Waals surface area contributed by atoms with E-state index in [0.717, 1.165) is 5.56 Å². The van der Waals surface area contributed by atoms with Crippen molar-refractivity contribution in [1.82, 2.24) is 5.32 Å². The lowest BCUT2D eigenvalue weighted by atomic mass is 9.29. The first kappa shape index (κ1) is 28.6. The second-order valence-corrected chi connectivity index (χ2v) is 8.28. The molecule has 0 fully saturated rings. The Hall–Kier alpha value is -1.66. The number of ether oxygens (including phenoxy) is 3. The van der Waals surface area contributed by atoms with Crippen molar-refractivity contribution < 1.29 is 19.3 Å². The van der Waals surface area contributed by atoms with Crippen LogP contribution in [0.3, 0.4) is 0 Å². The van der Waals surface area contributed by atoms with Gasteiger partial charge in [-0.3, -0.25) is 0 Å². The Kier molecular flexibility index (Phi) is 8.21. The van der Waals surface area contributed by atoms with Crippen molar-refractivity contribution in [2.75, 3.05) is 14.2 Å². The van der Waals surface area contributed by atoms with Gasteiger partial charge in [-0.2, -0.15) is 0 Å². The number of nitrogens with one attached hydrogen (secondary N) is 1. The molecule has 0 saturated heterocycles. The largest absolute Gasteiger partial charge is 0.505 e. The zero-order chi connectivity index (χ0) is 26.2. The van der Waals surface area contributed by atoms with Crippen molar-refractivity contribution in [3.63, 3.8) is 0 Å². The first-order chi connectivity index (χ1) is 15.4. The minimum absolute atomic E-state index is 0.189. The minimum Gasteiger partial charge on any atom is -0.505 e. The Morgan fingerprint density at radius 3 is 1.88 bits per heavy atom. The highest BCUT2D eigenvalue weighted by atomic mass is 16.5. The average molecular weight is 434 g/mol.